The maximum atomic E-state index is 12.6. The van der Waals surface area contributed by atoms with Gasteiger partial charge in [-0.2, -0.15) is 0 Å². The molecule has 0 radical (unpaired) electrons. The van der Waals surface area contributed by atoms with Crippen molar-refractivity contribution in [2.24, 2.45) is 17.1 Å². The molecule has 3 N–H and O–H groups in total. The number of benzene rings is 1. The molecule has 1 unspecified atom stereocenters. The van der Waals surface area contributed by atoms with Crippen molar-refractivity contribution in [2.45, 2.75) is 66.2 Å². The van der Waals surface area contributed by atoms with Gasteiger partial charge in [0.1, 0.15) is 10.8 Å². The van der Waals surface area contributed by atoms with Crippen LogP contribution in [-0.4, -0.2) is 18.4 Å². The lowest BCUT2D eigenvalue weighted by Crippen LogP contribution is -2.29. The van der Waals surface area contributed by atoms with E-state index in [9.17, 15) is 9.59 Å². The fourth-order valence-corrected chi connectivity index (χ4v) is 5.84. The highest BCUT2D eigenvalue weighted by atomic mass is 35.5. The van der Waals surface area contributed by atoms with Crippen molar-refractivity contribution in [2.75, 3.05) is 11.9 Å². The molecule has 0 bridgehead atoms. The van der Waals surface area contributed by atoms with Crippen molar-refractivity contribution in [1.82, 2.24) is 0 Å². The Morgan fingerprint density at radius 2 is 2.09 bits per heavy atom. The summed E-state index contributed by atoms with van der Waals surface area (Å²) in [6.07, 6.45) is 4.80. The topological polar surface area (TPSA) is 81.4 Å². The van der Waals surface area contributed by atoms with Crippen LogP contribution >= 0.6 is 22.9 Å². The molecule has 32 heavy (non-hydrogen) atoms. The molecule has 0 saturated carbocycles. The molecule has 174 valence electrons. The first-order valence-electron chi connectivity index (χ1n) is 11.3. The number of amides is 2. The summed E-state index contributed by atoms with van der Waals surface area (Å²) in [4.78, 5) is 25.9. The molecule has 1 heterocycles. The third kappa shape index (κ3) is 5.65. The van der Waals surface area contributed by atoms with E-state index in [0.29, 0.717) is 41.0 Å². The second-order valence-corrected chi connectivity index (χ2v) is 10.8. The van der Waals surface area contributed by atoms with Crippen molar-refractivity contribution in [3.63, 3.8) is 0 Å². The van der Waals surface area contributed by atoms with Crippen LogP contribution in [0.25, 0.3) is 0 Å². The summed E-state index contributed by atoms with van der Waals surface area (Å²) < 4.78 is 5.76. The number of rotatable bonds is 9. The third-order valence-electron chi connectivity index (χ3n) is 6.72. The first-order chi connectivity index (χ1) is 15.1. The lowest BCUT2D eigenvalue weighted by atomic mass is 9.69. The molecule has 1 aromatic carbocycles. The molecular formula is C25H33ClN2O3S. The molecule has 2 aromatic rings. The standard InChI is InChI=1S/C25H33ClN2O3S/c1-5-25(3,4)16-8-10-18-20(14-16)32-24(22(18)23(27)30)28-21(29)7-6-12-31-19-11-9-17(26)13-15(19)2/h9,11,13,16H,5-8,10,12,14H2,1-4H3,(H2,27,30)(H,28,29). The quantitative estimate of drug-likeness (QED) is 0.426. The summed E-state index contributed by atoms with van der Waals surface area (Å²) in [6.45, 7) is 9.20. The molecule has 1 aliphatic carbocycles. The van der Waals surface area contributed by atoms with Crippen molar-refractivity contribution in [3.8, 4) is 5.75 Å². The van der Waals surface area contributed by atoms with Crippen LogP contribution in [-0.2, 0) is 17.6 Å². The molecule has 1 atom stereocenters. The first-order valence-corrected chi connectivity index (χ1v) is 12.4. The molecule has 3 rings (SSSR count). The van der Waals surface area contributed by atoms with Gasteiger partial charge in [-0.3, -0.25) is 9.59 Å². The number of hydrogen-bond acceptors (Lipinski definition) is 4. The van der Waals surface area contributed by atoms with Gasteiger partial charge in [0.05, 0.1) is 12.2 Å². The Morgan fingerprint density at radius 3 is 2.75 bits per heavy atom. The Balaban J connectivity index is 1.60. The van der Waals surface area contributed by atoms with Crippen LogP contribution in [0.15, 0.2) is 18.2 Å². The number of ether oxygens (including phenoxy) is 1. The number of halogens is 1. The summed E-state index contributed by atoms with van der Waals surface area (Å²) in [5, 5.41) is 4.20. The molecule has 0 saturated heterocycles. The zero-order valence-corrected chi connectivity index (χ0v) is 20.9. The monoisotopic (exact) mass is 476 g/mol. The van der Waals surface area contributed by atoms with E-state index in [1.54, 1.807) is 6.07 Å². The highest BCUT2D eigenvalue weighted by Gasteiger charge is 2.34. The Labute approximate surface area is 199 Å². The van der Waals surface area contributed by atoms with Crippen molar-refractivity contribution >= 4 is 39.8 Å². The maximum Gasteiger partial charge on any atom is 0.251 e. The number of aryl methyl sites for hydroxylation is 1. The van der Waals surface area contributed by atoms with Gasteiger partial charge < -0.3 is 15.8 Å². The number of hydrogen-bond donors (Lipinski definition) is 2. The molecule has 5 nitrogen and oxygen atoms in total. The molecule has 1 aliphatic rings. The molecule has 1 aromatic heterocycles. The fourth-order valence-electron chi connectivity index (χ4n) is 4.27. The van der Waals surface area contributed by atoms with Crippen molar-refractivity contribution < 1.29 is 14.3 Å². The summed E-state index contributed by atoms with van der Waals surface area (Å²) in [6, 6.07) is 5.46. The minimum Gasteiger partial charge on any atom is -0.493 e. The van der Waals surface area contributed by atoms with Crippen LogP contribution in [0.5, 0.6) is 5.75 Å². The van der Waals surface area contributed by atoms with Gasteiger partial charge in [0.2, 0.25) is 5.91 Å². The highest BCUT2D eigenvalue weighted by molar-refractivity contribution is 7.17. The molecule has 0 aliphatic heterocycles. The van der Waals surface area contributed by atoms with Crippen LogP contribution in [0.1, 0.15) is 72.8 Å². The Morgan fingerprint density at radius 1 is 1.34 bits per heavy atom. The Bertz CT molecular complexity index is 999. The van der Waals surface area contributed by atoms with Crippen LogP contribution in [0.2, 0.25) is 5.02 Å². The summed E-state index contributed by atoms with van der Waals surface area (Å²) in [5.74, 6) is 0.734. The van der Waals surface area contributed by atoms with E-state index in [4.69, 9.17) is 22.1 Å². The van der Waals surface area contributed by atoms with E-state index in [1.165, 1.54) is 16.2 Å². The number of thiophene rings is 1. The van der Waals surface area contributed by atoms with E-state index < -0.39 is 5.91 Å². The van der Waals surface area contributed by atoms with Gasteiger partial charge in [-0.25, -0.2) is 0 Å². The molecule has 2 amide bonds. The fraction of sp³-hybridized carbons (Fsp3) is 0.520. The van der Waals surface area contributed by atoms with Gasteiger partial charge in [-0.05, 0) is 73.3 Å². The van der Waals surface area contributed by atoms with Gasteiger partial charge in [-0.15, -0.1) is 11.3 Å². The highest BCUT2D eigenvalue weighted by Crippen LogP contribution is 2.45. The SMILES string of the molecule is CCC(C)(C)C1CCc2c(sc(NC(=O)CCCOc3ccc(Cl)cc3C)c2C(N)=O)C1. The van der Waals surface area contributed by atoms with Crippen LogP contribution in [0.3, 0.4) is 0 Å². The number of anilines is 1. The van der Waals surface area contributed by atoms with Crippen LogP contribution in [0, 0.1) is 18.3 Å². The lowest BCUT2D eigenvalue weighted by molar-refractivity contribution is -0.116. The summed E-state index contributed by atoms with van der Waals surface area (Å²) in [5.41, 5.74) is 8.44. The first kappa shape index (κ1) is 24.6. The average Bonchev–Trinajstić information content (AvgIpc) is 3.09. The minimum atomic E-state index is -0.465. The van der Waals surface area contributed by atoms with E-state index in [-0.39, 0.29) is 11.3 Å². The summed E-state index contributed by atoms with van der Waals surface area (Å²) >= 11 is 7.48. The van der Waals surface area contributed by atoms with Gasteiger partial charge >= 0.3 is 0 Å². The van der Waals surface area contributed by atoms with E-state index in [1.807, 2.05) is 19.1 Å². The lowest BCUT2D eigenvalue weighted by Gasteiger charge is -2.36. The predicted octanol–water partition coefficient (Wildman–Crippen LogP) is 6.15. The third-order valence-corrected chi connectivity index (χ3v) is 8.13. The van der Waals surface area contributed by atoms with Gasteiger partial charge in [0.25, 0.3) is 5.91 Å². The second-order valence-electron chi connectivity index (χ2n) is 9.26. The number of primary amides is 1. The number of nitrogens with one attached hydrogen (secondary N) is 1. The molecular weight excluding hydrogens is 444 g/mol. The second kappa shape index (κ2) is 10.3. The largest absolute Gasteiger partial charge is 0.493 e. The van der Waals surface area contributed by atoms with Crippen LogP contribution in [0.4, 0.5) is 5.00 Å². The minimum absolute atomic E-state index is 0.132. The predicted molar refractivity (Wildman–Crippen MR) is 132 cm³/mol. The smallest absolute Gasteiger partial charge is 0.251 e. The van der Waals surface area contributed by atoms with Crippen molar-refractivity contribution in [3.05, 3.63) is 44.8 Å². The number of nitrogens with two attached hydrogens (primary N) is 1. The Kier molecular flexibility index (Phi) is 7.88. The Hall–Kier alpha value is -2.05. The maximum absolute atomic E-state index is 12.6. The molecule has 0 fully saturated rings. The van der Waals surface area contributed by atoms with Crippen molar-refractivity contribution in [1.29, 1.82) is 0 Å². The molecule has 0 spiro atoms. The van der Waals surface area contributed by atoms with Crippen LogP contribution < -0.4 is 15.8 Å². The molecule has 7 heteroatoms. The van der Waals surface area contributed by atoms with Gasteiger partial charge in [-0.1, -0.05) is 38.8 Å². The number of fused-ring (bicyclic) bond motifs is 1. The number of carbonyl (C=O) groups excluding carboxylic acids is 2. The average molecular weight is 477 g/mol. The van der Waals surface area contributed by atoms with Gasteiger partial charge in [0.15, 0.2) is 0 Å². The van der Waals surface area contributed by atoms with E-state index in [0.717, 1.165) is 42.6 Å². The van der Waals surface area contributed by atoms with E-state index in [2.05, 4.69) is 26.1 Å². The zero-order valence-electron chi connectivity index (χ0n) is 19.3. The summed E-state index contributed by atoms with van der Waals surface area (Å²) in [7, 11) is 0. The normalized spacial score (nSPS) is 15.8. The van der Waals surface area contributed by atoms with Gasteiger partial charge in [0, 0.05) is 16.3 Å². The number of carbonyl (C=O) groups is 2. The zero-order chi connectivity index (χ0) is 23.5. The van der Waals surface area contributed by atoms with E-state index >= 15 is 0 Å².